The van der Waals surface area contributed by atoms with Crippen LogP contribution in [-0.4, -0.2) is 24.5 Å². The van der Waals surface area contributed by atoms with Crippen molar-refractivity contribution in [2.24, 2.45) is 5.41 Å². The summed E-state index contributed by atoms with van der Waals surface area (Å²) in [5.74, 6) is 0.941. The van der Waals surface area contributed by atoms with Crippen molar-refractivity contribution in [1.82, 2.24) is 0 Å². The number of amides is 1. The van der Waals surface area contributed by atoms with Gasteiger partial charge in [0.05, 0.1) is 19.6 Å². The van der Waals surface area contributed by atoms with Gasteiger partial charge in [0.25, 0.3) is 0 Å². The summed E-state index contributed by atoms with van der Waals surface area (Å²) in [6.07, 6.45) is 0.447. The summed E-state index contributed by atoms with van der Waals surface area (Å²) >= 11 is 12.0. The maximum Gasteiger partial charge on any atom is 0.233 e. The van der Waals surface area contributed by atoms with E-state index in [0.29, 0.717) is 23.6 Å². The Bertz CT molecular complexity index is 519. The Morgan fingerprint density at radius 2 is 1.84 bits per heavy atom. The lowest BCUT2D eigenvalue weighted by Crippen LogP contribution is -2.25. The minimum Gasteiger partial charge on any atom is -0.493 e. The maximum atomic E-state index is 12.1. The van der Waals surface area contributed by atoms with Crippen molar-refractivity contribution < 1.29 is 14.3 Å². The zero-order valence-corrected chi connectivity index (χ0v) is 12.4. The lowest BCUT2D eigenvalue weighted by molar-refractivity contribution is -0.120. The minimum absolute atomic E-state index is 0.204. The van der Waals surface area contributed by atoms with E-state index in [0.717, 1.165) is 0 Å². The molecule has 0 bridgehead atoms. The smallest absolute Gasteiger partial charge is 0.233 e. The zero-order chi connectivity index (χ0) is 14.3. The van der Waals surface area contributed by atoms with Crippen molar-refractivity contribution in [1.29, 1.82) is 0 Å². The maximum absolute atomic E-state index is 12.1. The second-order valence-corrected chi connectivity index (χ2v) is 6.22. The van der Waals surface area contributed by atoms with Gasteiger partial charge in [0.15, 0.2) is 11.5 Å². The highest BCUT2D eigenvalue weighted by Gasteiger charge is 2.67. The first-order chi connectivity index (χ1) is 8.84. The molecule has 0 heterocycles. The third kappa shape index (κ3) is 2.47. The van der Waals surface area contributed by atoms with Gasteiger partial charge < -0.3 is 14.8 Å². The summed E-state index contributed by atoms with van der Waals surface area (Å²) in [6, 6.07) is 5.14. The lowest BCUT2D eigenvalue weighted by atomic mass is 10.1. The van der Waals surface area contributed by atoms with Crippen LogP contribution in [0, 0.1) is 5.41 Å². The van der Waals surface area contributed by atoms with E-state index in [9.17, 15) is 4.79 Å². The molecular formula is C13H15Cl2NO3. The van der Waals surface area contributed by atoms with Gasteiger partial charge in [-0.1, -0.05) is 0 Å². The van der Waals surface area contributed by atoms with Gasteiger partial charge in [-0.05, 0) is 25.5 Å². The van der Waals surface area contributed by atoms with Gasteiger partial charge >= 0.3 is 0 Å². The highest BCUT2D eigenvalue weighted by molar-refractivity contribution is 6.53. The number of hydrogen-bond acceptors (Lipinski definition) is 3. The third-order valence-electron chi connectivity index (χ3n) is 3.40. The van der Waals surface area contributed by atoms with E-state index in [2.05, 4.69) is 5.32 Å². The molecule has 6 heteroatoms. The number of nitrogens with one attached hydrogen (secondary N) is 1. The van der Waals surface area contributed by atoms with E-state index < -0.39 is 9.75 Å². The summed E-state index contributed by atoms with van der Waals surface area (Å²) < 4.78 is 9.32. The lowest BCUT2D eigenvalue weighted by Gasteiger charge is -2.14. The van der Waals surface area contributed by atoms with Crippen LogP contribution < -0.4 is 14.8 Å². The van der Waals surface area contributed by atoms with Crippen molar-refractivity contribution in [3.63, 3.8) is 0 Å². The number of alkyl halides is 2. The Morgan fingerprint density at radius 3 is 2.32 bits per heavy atom. The van der Waals surface area contributed by atoms with Gasteiger partial charge in [-0.2, -0.15) is 0 Å². The molecule has 0 aromatic heterocycles. The molecule has 1 aromatic rings. The largest absolute Gasteiger partial charge is 0.493 e. The van der Waals surface area contributed by atoms with E-state index >= 15 is 0 Å². The second kappa shape index (κ2) is 4.76. The monoisotopic (exact) mass is 303 g/mol. The quantitative estimate of drug-likeness (QED) is 0.869. The molecule has 1 aliphatic carbocycles. The first-order valence-corrected chi connectivity index (χ1v) is 6.51. The fourth-order valence-corrected chi connectivity index (χ4v) is 2.54. The van der Waals surface area contributed by atoms with Crippen molar-refractivity contribution in [2.45, 2.75) is 17.7 Å². The summed E-state index contributed by atoms with van der Waals surface area (Å²) in [6.45, 7) is 1.74. The number of carbonyl (C=O) groups is 1. The Labute approximate surface area is 122 Å². The van der Waals surface area contributed by atoms with E-state index in [1.54, 1.807) is 32.2 Å². The van der Waals surface area contributed by atoms with Crippen LogP contribution in [0.25, 0.3) is 0 Å². The number of halogens is 2. The third-order valence-corrected chi connectivity index (χ3v) is 4.50. The van der Waals surface area contributed by atoms with Crippen LogP contribution in [0.4, 0.5) is 5.69 Å². The van der Waals surface area contributed by atoms with Crippen molar-refractivity contribution in [3.8, 4) is 11.5 Å². The number of hydrogen-bond donors (Lipinski definition) is 1. The summed E-state index contributed by atoms with van der Waals surface area (Å²) in [7, 11) is 3.09. The van der Waals surface area contributed by atoms with Gasteiger partial charge in [-0.25, -0.2) is 0 Å². The molecule has 1 amide bonds. The molecule has 1 atom stereocenters. The molecule has 1 fully saturated rings. The molecule has 2 rings (SSSR count). The fraction of sp³-hybridized carbons (Fsp3) is 0.462. The van der Waals surface area contributed by atoms with E-state index in [-0.39, 0.29) is 5.91 Å². The van der Waals surface area contributed by atoms with Gasteiger partial charge in [0.2, 0.25) is 5.91 Å². The number of methoxy groups -OCH3 is 2. The average molecular weight is 304 g/mol. The highest BCUT2D eigenvalue weighted by atomic mass is 35.5. The molecule has 1 N–H and O–H groups in total. The topological polar surface area (TPSA) is 47.6 Å². The summed E-state index contributed by atoms with van der Waals surface area (Å²) in [5, 5.41) is 2.78. The number of rotatable bonds is 4. The number of anilines is 1. The van der Waals surface area contributed by atoms with Gasteiger partial charge in [0, 0.05) is 11.8 Å². The molecule has 1 aromatic carbocycles. The van der Waals surface area contributed by atoms with Gasteiger partial charge in [0.1, 0.15) is 4.33 Å². The Balaban J connectivity index is 2.14. The predicted octanol–water partition coefficient (Wildman–Crippen LogP) is 3.23. The normalized spacial score (nSPS) is 23.6. The highest BCUT2D eigenvalue weighted by Crippen LogP contribution is 2.64. The summed E-state index contributed by atoms with van der Waals surface area (Å²) in [5.41, 5.74) is -0.136. The number of ether oxygens (including phenoxy) is 2. The molecule has 0 aliphatic heterocycles. The van der Waals surface area contributed by atoms with Gasteiger partial charge in [-0.15, -0.1) is 23.2 Å². The van der Waals surface area contributed by atoms with Crippen LogP contribution in [0.1, 0.15) is 13.3 Å². The molecule has 1 saturated carbocycles. The van der Waals surface area contributed by atoms with Crippen LogP contribution in [-0.2, 0) is 4.79 Å². The van der Waals surface area contributed by atoms with Gasteiger partial charge in [-0.3, -0.25) is 4.79 Å². The molecule has 1 aliphatic rings. The van der Waals surface area contributed by atoms with E-state index in [4.69, 9.17) is 32.7 Å². The molecule has 0 unspecified atom stereocenters. The molecule has 4 nitrogen and oxygen atoms in total. The standard InChI is InChI=1S/C13H15Cl2NO3/c1-12(7-13(12,14)15)11(17)16-8-4-5-9(18-2)10(6-8)19-3/h4-6H,7H2,1-3H3,(H,16,17)/t12-/m0/s1. The van der Waals surface area contributed by atoms with Crippen LogP contribution in [0.15, 0.2) is 18.2 Å². The van der Waals surface area contributed by atoms with Crippen LogP contribution in [0.3, 0.4) is 0 Å². The van der Waals surface area contributed by atoms with Crippen molar-refractivity contribution >= 4 is 34.8 Å². The van der Waals surface area contributed by atoms with Crippen LogP contribution in [0.5, 0.6) is 11.5 Å². The van der Waals surface area contributed by atoms with Crippen LogP contribution >= 0.6 is 23.2 Å². The number of benzene rings is 1. The first kappa shape index (κ1) is 14.3. The van der Waals surface area contributed by atoms with Crippen molar-refractivity contribution in [3.05, 3.63) is 18.2 Å². The van der Waals surface area contributed by atoms with E-state index in [1.165, 1.54) is 7.11 Å². The molecule has 19 heavy (non-hydrogen) atoms. The zero-order valence-electron chi connectivity index (χ0n) is 10.9. The molecule has 0 saturated heterocycles. The molecule has 0 radical (unpaired) electrons. The Hall–Kier alpha value is -1.13. The minimum atomic E-state index is -0.979. The average Bonchev–Trinajstić information content (AvgIpc) is 2.89. The summed E-state index contributed by atoms with van der Waals surface area (Å²) in [4.78, 5) is 12.1. The SMILES string of the molecule is COc1ccc(NC(=O)[C@]2(C)CC2(Cl)Cl)cc1OC. The van der Waals surface area contributed by atoms with Crippen LogP contribution in [0.2, 0.25) is 0 Å². The molecular weight excluding hydrogens is 289 g/mol. The first-order valence-electron chi connectivity index (χ1n) is 5.75. The Morgan fingerprint density at radius 1 is 1.26 bits per heavy atom. The fourth-order valence-electron chi connectivity index (χ4n) is 1.83. The predicted molar refractivity (Wildman–Crippen MR) is 75.3 cm³/mol. The number of carbonyl (C=O) groups excluding carboxylic acids is 1. The van der Waals surface area contributed by atoms with Crippen molar-refractivity contribution in [2.75, 3.05) is 19.5 Å². The second-order valence-electron chi connectivity index (χ2n) is 4.74. The molecule has 0 spiro atoms. The Kier molecular flexibility index (Phi) is 3.58. The molecule has 104 valence electrons. The van der Waals surface area contributed by atoms with E-state index in [1.807, 2.05) is 0 Å².